The number of amides is 1. The molecule has 1 fully saturated rings. The first-order chi connectivity index (χ1) is 14.2. The molecular weight excluding hydrogens is 354 g/mol. The number of rotatable bonds is 4. The summed E-state index contributed by atoms with van der Waals surface area (Å²) in [5, 5.41) is 3.06. The highest BCUT2D eigenvalue weighted by atomic mass is 16.1. The highest BCUT2D eigenvalue weighted by Gasteiger charge is 2.29. The highest BCUT2D eigenvalue weighted by Crippen LogP contribution is 2.45. The predicted molar refractivity (Wildman–Crippen MR) is 123 cm³/mol. The fourth-order valence-corrected chi connectivity index (χ4v) is 5.08. The van der Waals surface area contributed by atoms with E-state index in [9.17, 15) is 4.79 Å². The first-order valence-electron chi connectivity index (χ1n) is 11.7. The van der Waals surface area contributed by atoms with Gasteiger partial charge in [0.2, 0.25) is 0 Å². The molecule has 1 saturated carbocycles. The molecule has 3 atom stereocenters. The Morgan fingerprint density at radius 3 is 2.55 bits per heavy atom. The lowest BCUT2D eigenvalue weighted by Gasteiger charge is -2.21. The molecule has 0 spiro atoms. The molecule has 2 aromatic carbocycles. The average Bonchev–Trinajstić information content (AvgIpc) is 3.25. The number of hydrogen-bond donors (Lipinski definition) is 1. The van der Waals surface area contributed by atoms with E-state index in [1.165, 1.54) is 44.1 Å². The molecule has 0 aliphatic heterocycles. The fraction of sp³-hybridized carbons (Fsp3) is 0.519. The van der Waals surface area contributed by atoms with Crippen LogP contribution in [0.3, 0.4) is 0 Å². The van der Waals surface area contributed by atoms with Crippen LogP contribution in [0.4, 0.5) is 0 Å². The van der Waals surface area contributed by atoms with E-state index in [-0.39, 0.29) is 5.91 Å². The van der Waals surface area contributed by atoms with Crippen molar-refractivity contribution in [3.05, 3.63) is 70.8 Å². The Morgan fingerprint density at radius 1 is 0.966 bits per heavy atom. The Hall–Kier alpha value is -2.09. The number of benzene rings is 2. The fourth-order valence-electron chi connectivity index (χ4n) is 5.08. The van der Waals surface area contributed by atoms with Crippen molar-refractivity contribution in [1.82, 2.24) is 5.32 Å². The van der Waals surface area contributed by atoms with Gasteiger partial charge >= 0.3 is 0 Å². The lowest BCUT2D eigenvalue weighted by atomic mass is 9.84. The standard InChI is InChI=1S/C25H31NO.C2H6/c1-18-6-5-7-19-10-12-22(16-19)23-13-11-20(17-24(18)23)14-15-26-25(27)21-8-3-2-4-9-21;1-2/h2-4,8-9,11,13,17-19,22H,5-7,10,12,14-16H2,1H3,(H,26,27);1-2H3. The molecule has 156 valence electrons. The molecule has 2 aliphatic rings. The van der Waals surface area contributed by atoms with Gasteiger partial charge < -0.3 is 5.32 Å². The summed E-state index contributed by atoms with van der Waals surface area (Å²) < 4.78 is 0. The number of carbonyl (C=O) groups excluding carboxylic acids is 1. The van der Waals surface area contributed by atoms with Crippen molar-refractivity contribution in [3.8, 4) is 0 Å². The summed E-state index contributed by atoms with van der Waals surface area (Å²) in [4.78, 5) is 12.2. The van der Waals surface area contributed by atoms with E-state index in [0.717, 1.165) is 23.8 Å². The van der Waals surface area contributed by atoms with Gasteiger partial charge in [-0.2, -0.15) is 0 Å². The zero-order valence-electron chi connectivity index (χ0n) is 18.4. The van der Waals surface area contributed by atoms with Crippen LogP contribution in [0.2, 0.25) is 0 Å². The zero-order chi connectivity index (χ0) is 20.6. The van der Waals surface area contributed by atoms with E-state index in [1.807, 2.05) is 44.2 Å². The second kappa shape index (κ2) is 10.6. The Kier molecular flexibility index (Phi) is 7.91. The van der Waals surface area contributed by atoms with E-state index in [4.69, 9.17) is 0 Å². The van der Waals surface area contributed by atoms with Crippen LogP contribution in [0.25, 0.3) is 0 Å². The molecule has 0 aromatic heterocycles. The van der Waals surface area contributed by atoms with Crippen molar-refractivity contribution in [2.75, 3.05) is 6.54 Å². The smallest absolute Gasteiger partial charge is 0.251 e. The van der Waals surface area contributed by atoms with Gasteiger partial charge in [0, 0.05) is 12.1 Å². The van der Waals surface area contributed by atoms with Crippen molar-refractivity contribution < 1.29 is 4.79 Å². The summed E-state index contributed by atoms with van der Waals surface area (Å²) in [6, 6.07) is 16.6. The second-order valence-electron chi connectivity index (χ2n) is 8.54. The molecule has 1 N–H and O–H groups in total. The normalized spacial score (nSPS) is 22.9. The van der Waals surface area contributed by atoms with Crippen LogP contribution in [-0.2, 0) is 6.42 Å². The van der Waals surface area contributed by atoms with Crippen molar-refractivity contribution in [2.45, 2.75) is 77.6 Å². The van der Waals surface area contributed by atoms with Crippen LogP contribution < -0.4 is 5.32 Å². The molecular formula is C27H37NO. The van der Waals surface area contributed by atoms with Gasteiger partial charge in [-0.3, -0.25) is 4.79 Å². The van der Waals surface area contributed by atoms with E-state index in [0.29, 0.717) is 12.5 Å². The number of nitrogens with one attached hydrogen (secondary N) is 1. The Balaban J connectivity index is 0.00000117. The van der Waals surface area contributed by atoms with Crippen LogP contribution >= 0.6 is 0 Å². The van der Waals surface area contributed by atoms with Crippen LogP contribution in [0.15, 0.2) is 48.5 Å². The number of fused-ring (bicyclic) bond motifs is 4. The van der Waals surface area contributed by atoms with Gasteiger partial charge in [0.25, 0.3) is 5.91 Å². The lowest BCUT2D eigenvalue weighted by Crippen LogP contribution is -2.25. The minimum Gasteiger partial charge on any atom is -0.352 e. The van der Waals surface area contributed by atoms with Crippen LogP contribution in [-0.4, -0.2) is 12.5 Å². The molecule has 1 amide bonds. The molecule has 2 heteroatoms. The monoisotopic (exact) mass is 391 g/mol. The molecule has 3 unspecified atom stereocenters. The first kappa shape index (κ1) is 21.6. The summed E-state index contributed by atoms with van der Waals surface area (Å²) in [6.45, 7) is 7.09. The van der Waals surface area contributed by atoms with Crippen LogP contribution in [0.5, 0.6) is 0 Å². The Morgan fingerprint density at radius 2 is 1.76 bits per heavy atom. The predicted octanol–water partition coefficient (Wildman–Crippen LogP) is 6.86. The number of carbonyl (C=O) groups is 1. The summed E-state index contributed by atoms with van der Waals surface area (Å²) in [6.07, 6.45) is 9.19. The van der Waals surface area contributed by atoms with Crippen molar-refractivity contribution in [2.24, 2.45) is 5.92 Å². The third kappa shape index (κ3) is 5.50. The Bertz CT molecular complexity index is 782. The molecule has 2 bridgehead atoms. The molecule has 2 aliphatic carbocycles. The van der Waals surface area contributed by atoms with E-state index in [1.54, 1.807) is 11.1 Å². The zero-order valence-corrected chi connectivity index (χ0v) is 18.4. The topological polar surface area (TPSA) is 29.1 Å². The van der Waals surface area contributed by atoms with Gasteiger partial charge in [0.15, 0.2) is 0 Å². The summed E-state index contributed by atoms with van der Waals surface area (Å²) in [5.74, 6) is 2.40. The Labute approximate surface area is 177 Å². The molecule has 4 rings (SSSR count). The quantitative estimate of drug-likeness (QED) is 0.606. The molecule has 0 heterocycles. The SMILES string of the molecule is CC.CC1CCCC2CCC(C2)c2ccc(CCNC(=O)c3ccccc3)cc21. The summed E-state index contributed by atoms with van der Waals surface area (Å²) >= 11 is 0. The highest BCUT2D eigenvalue weighted by molar-refractivity contribution is 5.94. The summed E-state index contributed by atoms with van der Waals surface area (Å²) in [7, 11) is 0. The molecule has 29 heavy (non-hydrogen) atoms. The maximum absolute atomic E-state index is 12.2. The largest absolute Gasteiger partial charge is 0.352 e. The van der Waals surface area contributed by atoms with E-state index >= 15 is 0 Å². The van der Waals surface area contributed by atoms with Crippen molar-refractivity contribution in [3.63, 3.8) is 0 Å². The third-order valence-electron chi connectivity index (χ3n) is 6.65. The maximum atomic E-state index is 12.2. The van der Waals surface area contributed by atoms with Gasteiger partial charge in [-0.15, -0.1) is 0 Å². The van der Waals surface area contributed by atoms with E-state index < -0.39 is 0 Å². The molecule has 2 aromatic rings. The second-order valence-corrected chi connectivity index (χ2v) is 8.54. The maximum Gasteiger partial charge on any atom is 0.251 e. The van der Waals surface area contributed by atoms with E-state index in [2.05, 4.69) is 30.4 Å². The molecule has 2 nitrogen and oxygen atoms in total. The van der Waals surface area contributed by atoms with Gasteiger partial charge in [0.1, 0.15) is 0 Å². The minimum absolute atomic E-state index is 0.0173. The van der Waals surface area contributed by atoms with Gasteiger partial charge in [-0.05, 0) is 78.7 Å². The van der Waals surface area contributed by atoms with Crippen LogP contribution in [0.1, 0.15) is 98.2 Å². The van der Waals surface area contributed by atoms with Crippen molar-refractivity contribution >= 4 is 5.91 Å². The van der Waals surface area contributed by atoms with Crippen molar-refractivity contribution in [1.29, 1.82) is 0 Å². The number of hydrogen-bond acceptors (Lipinski definition) is 1. The first-order valence-corrected chi connectivity index (χ1v) is 11.7. The van der Waals surface area contributed by atoms with Gasteiger partial charge in [0.05, 0.1) is 0 Å². The van der Waals surface area contributed by atoms with Gasteiger partial charge in [-0.25, -0.2) is 0 Å². The molecule has 0 radical (unpaired) electrons. The third-order valence-corrected chi connectivity index (χ3v) is 6.65. The average molecular weight is 392 g/mol. The van der Waals surface area contributed by atoms with Crippen LogP contribution in [0, 0.1) is 5.92 Å². The minimum atomic E-state index is 0.0173. The molecule has 0 saturated heterocycles. The summed E-state index contributed by atoms with van der Waals surface area (Å²) in [5.41, 5.74) is 5.28. The lowest BCUT2D eigenvalue weighted by molar-refractivity contribution is 0.0954. The van der Waals surface area contributed by atoms with Gasteiger partial charge in [-0.1, -0.05) is 70.0 Å².